The van der Waals surface area contributed by atoms with Gasteiger partial charge < -0.3 is 10.0 Å². The highest BCUT2D eigenvalue weighted by molar-refractivity contribution is 9.10. The van der Waals surface area contributed by atoms with Crippen LogP contribution >= 0.6 is 27.3 Å². The van der Waals surface area contributed by atoms with Crippen LogP contribution in [0, 0.1) is 0 Å². The van der Waals surface area contributed by atoms with Crippen molar-refractivity contribution in [3.05, 3.63) is 20.8 Å². The minimum Gasteiger partial charge on any atom is -0.480 e. The molecule has 1 rings (SSSR count). The SMILES string of the molecule is CC(c1cc(Br)cs1)N(CCN(C)C)CC(=O)O. The summed E-state index contributed by atoms with van der Waals surface area (Å²) in [7, 11) is 3.98. The van der Waals surface area contributed by atoms with Crippen molar-refractivity contribution >= 4 is 33.2 Å². The molecule has 0 radical (unpaired) electrons. The normalized spacial score (nSPS) is 13.2. The average molecular weight is 335 g/mol. The van der Waals surface area contributed by atoms with Gasteiger partial charge in [-0.25, -0.2) is 0 Å². The smallest absolute Gasteiger partial charge is 0.317 e. The molecule has 0 saturated carbocycles. The fourth-order valence-electron chi connectivity index (χ4n) is 1.64. The maximum absolute atomic E-state index is 10.9. The Morgan fingerprint density at radius 2 is 2.17 bits per heavy atom. The quantitative estimate of drug-likeness (QED) is 0.832. The van der Waals surface area contributed by atoms with Crippen LogP contribution in [0.5, 0.6) is 0 Å². The maximum atomic E-state index is 10.9. The van der Waals surface area contributed by atoms with Gasteiger partial charge in [0.2, 0.25) is 0 Å². The van der Waals surface area contributed by atoms with E-state index in [1.54, 1.807) is 11.3 Å². The molecule has 1 aromatic rings. The van der Waals surface area contributed by atoms with Gasteiger partial charge in [0, 0.05) is 33.9 Å². The van der Waals surface area contributed by atoms with Crippen molar-refractivity contribution in [2.45, 2.75) is 13.0 Å². The van der Waals surface area contributed by atoms with Gasteiger partial charge >= 0.3 is 5.97 Å². The van der Waals surface area contributed by atoms with Crippen LogP contribution in [0.4, 0.5) is 0 Å². The lowest BCUT2D eigenvalue weighted by Gasteiger charge is -2.28. The van der Waals surface area contributed by atoms with Gasteiger partial charge in [-0.1, -0.05) is 0 Å². The van der Waals surface area contributed by atoms with Crippen LogP contribution in [0.25, 0.3) is 0 Å². The Balaban J connectivity index is 2.71. The number of carbonyl (C=O) groups is 1. The molecule has 6 heteroatoms. The Bertz CT molecular complexity index is 395. The number of carboxylic acid groups (broad SMARTS) is 1. The lowest BCUT2D eigenvalue weighted by Crippen LogP contribution is -2.37. The second-order valence-electron chi connectivity index (χ2n) is 4.51. The van der Waals surface area contributed by atoms with Crippen LogP contribution in [0.2, 0.25) is 0 Å². The average Bonchev–Trinajstić information content (AvgIpc) is 2.69. The van der Waals surface area contributed by atoms with Gasteiger partial charge in [-0.15, -0.1) is 11.3 Å². The van der Waals surface area contributed by atoms with Gasteiger partial charge in [0.15, 0.2) is 0 Å². The van der Waals surface area contributed by atoms with Crippen molar-refractivity contribution in [1.82, 2.24) is 9.80 Å². The molecule has 102 valence electrons. The number of carboxylic acids is 1. The summed E-state index contributed by atoms with van der Waals surface area (Å²) in [6.45, 7) is 3.72. The monoisotopic (exact) mass is 334 g/mol. The van der Waals surface area contributed by atoms with E-state index < -0.39 is 5.97 Å². The predicted octanol–water partition coefficient (Wildman–Crippen LogP) is 2.52. The van der Waals surface area contributed by atoms with E-state index in [9.17, 15) is 4.79 Å². The summed E-state index contributed by atoms with van der Waals surface area (Å²) in [4.78, 5) is 16.2. The van der Waals surface area contributed by atoms with Crippen molar-refractivity contribution in [3.63, 3.8) is 0 Å². The Morgan fingerprint density at radius 3 is 2.61 bits per heavy atom. The Morgan fingerprint density at radius 1 is 1.50 bits per heavy atom. The number of rotatable bonds is 7. The molecule has 1 unspecified atom stereocenters. The number of hydrogen-bond acceptors (Lipinski definition) is 4. The van der Waals surface area contributed by atoms with Gasteiger partial charge in [0.1, 0.15) is 0 Å². The molecule has 0 aliphatic carbocycles. The summed E-state index contributed by atoms with van der Waals surface area (Å²) in [6, 6.07) is 2.18. The molecule has 0 saturated heterocycles. The van der Waals surface area contributed by atoms with Crippen LogP contribution in [0.1, 0.15) is 17.8 Å². The first-order chi connectivity index (χ1) is 8.40. The minimum absolute atomic E-state index is 0.0739. The predicted molar refractivity (Wildman–Crippen MR) is 78.2 cm³/mol. The molecule has 0 aliphatic rings. The zero-order valence-corrected chi connectivity index (χ0v) is 13.3. The molecule has 18 heavy (non-hydrogen) atoms. The number of thiophene rings is 1. The van der Waals surface area contributed by atoms with E-state index in [1.165, 1.54) is 4.88 Å². The molecule has 1 heterocycles. The first kappa shape index (κ1) is 15.6. The summed E-state index contributed by atoms with van der Waals surface area (Å²) in [5, 5.41) is 11.0. The van der Waals surface area contributed by atoms with Crippen LogP contribution in [0.3, 0.4) is 0 Å². The van der Waals surface area contributed by atoms with Gasteiger partial charge in [-0.05, 0) is 43.0 Å². The largest absolute Gasteiger partial charge is 0.480 e. The van der Waals surface area contributed by atoms with Crippen LogP contribution in [-0.4, -0.2) is 54.6 Å². The van der Waals surface area contributed by atoms with E-state index >= 15 is 0 Å². The molecule has 0 bridgehead atoms. The molecule has 1 N–H and O–H groups in total. The second kappa shape index (κ2) is 7.23. The number of halogens is 1. The molecule has 0 aromatic carbocycles. The highest BCUT2D eigenvalue weighted by atomic mass is 79.9. The summed E-state index contributed by atoms with van der Waals surface area (Å²) < 4.78 is 1.05. The fraction of sp³-hybridized carbons (Fsp3) is 0.583. The third-order valence-corrected chi connectivity index (χ3v) is 4.58. The first-order valence-corrected chi connectivity index (χ1v) is 7.42. The van der Waals surface area contributed by atoms with Crippen molar-refractivity contribution in [1.29, 1.82) is 0 Å². The lowest BCUT2D eigenvalue weighted by atomic mass is 10.2. The number of likely N-dealkylation sites (N-methyl/N-ethyl adjacent to an activating group) is 1. The van der Waals surface area contributed by atoms with Gasteiger partial charge in [-0.2, -0.15) is 0 Å². The molecule has 0 aliphatic heterocycles. The standard InChI is InChI=1S/C12H19BrN2O2S/c1-9(11-6-10(13)8-18-11)15(7-12(16)17)5-4-14(2)3/h6,8-9H,4-5,7H2,1-3H3,(H,16,17). The van der Waals surface area contributed by atoms with Crippen LogP contribution in [0.15, 0.2) is 15.9 Å². The summed E-state index contributed by atoms with van der Waals surface area (Å²) in [6.07, 6.45) is 0. The third kappa shape index (κ3) is 5.06. The van der Waals surface area contributed by atoms with E-state index in [1.807, 2.05) is 24.4 Å². The highest BCUT2D eigenvalue weighted by Gasteiger charge is 2.19. The molecule has 0 spiro atoms. The molecular weight excluding hydrogens is 316 g/mol. The maximum Gasteiger partial charge on any atom is 0.317 e. The Labute approximate surface area is 120 Å². The molecule has 0 fully saturated rings. The fourth-order valence-corrected chi connectivity index (χ4v) is 3.18. The van der Waals surface area contributed by atoms with E-state index in [0.717, 1.165) is 17.6 Å². The van der Waals surface area contributed by atoms with E-state index in [0.29, 0.717) is 0 Å². The third-order valence-electron chi connectivity index (χ3n) is 2.72. The molecule has 0 amide bonds. The zero-order chi connectivity index (χ0) is 13.7. The van der Waals surface area contributed by atoms with Gasteiger partial charge in [0.25, 0.3) is 0 Å². The number of nitrogens with zero attached hydrogens (tertiary/aromatic N) is 2. The van der Waals surface area contributed by atoms with Crippen molar-refractivity contribution < 1.29 is 9.90 Å². The van der Waals surface area contributed by atoms with Crippen molar-refractivity contribution in [2.75, 3.05) is 33.7 Å². The van der Waals surface area contributed by atoms with Crippen LogP contribution in [-0.2, 0) is 4.79 Å². The molecular formula is C12H19BrN2O2S. The minimum atomic E-state index is -0.781. The lowest BCUT2D eigenvalue weighted by molar-refractivity contribution is -0.138. The zero-order valence-electron chi connectivity index (χ0n) is 10.9. The highest BCUT2D eigenvalue weighted by Crippen LogP contribution is 2.28. The molecule has 1 aromatic heterocycles. The first-order valence-electron chi connectivity index (χ1n) is 5.74. The van der Waals surface area contributed by atoms with E-state index in [2.05, 4.69) is 33.8 Å². The summed E-state index contributed by atoms with van der Waals surface area (Å²) in [5.74, 6) is -0.781. The summed E-state index contributed by atoms with van der Waals surface area (Å²) >= 11 is 5.08. The van der Waals surface area contributed by atoms with E-state index in [-0.39, 0.29) is 12.6 Å². The Kier molecular flexibility index (Phi) is 6.28. The van der Waals surface area contributed by atoms with E-state index in [4.69, 9.17) is 5.11 Å². The second-order valence-corrected chi connectivity index (χ2v) is 6.37. The Hall–Kier alpha value is -0.430. The summed E-state index contributed by atoms with van der Waals surface area (Å²) in [5.41, 5.74) is 0. The van der Waals surface area contributed by atoms with Crippen molar-refractivity contribution in [2.24, 2.45) is 0 Å². The molecule has 4 nitrogen and oxygen atoms in total. The number of aliphatic carboxylic acids is 1. The number of hydrogen-bond donors (Lipinski definition) is 1. The van der Waals surface area contributed by atoms with Crippen LogP contribution < -0.4 is 0 Å². The topological polar surface area (TPSA) is 43.8 Å². The van der Waals surface area contributed by atoms with Gasteiger partial charge in [0.05, 0.1) is 6.54 Å². The molecule has 1 atom stereocenters. The van der Waals surface area contributed by atoms with Crippen molar-refractivity contribution in [3.8, 4) is 0 Å². The van der Waals surface area contributed by atoms with Gasteiger partial charge in [-0.3, -0.25) is 9.69 Å².